The fraction of sp³-hybridized carbons (Fsp3) is 0.615. The molecule has 2 heterocycles. The average molecular weight is 317 g/mol. The lowest BCUT2D eigenvalue weighted by atomic mass is 10.1. The van der Waals surface area contributed by atoms with Crippen LogP contribution in [0.2, 0.25) is 0 Å². The molecule has 1 saturated heterocycles. The summed E-state index contributed by atoms with van der Waals surface area (Å²) in [6, 6.07) is -0.0419. The Labute approximate surface area is 123 Å². The molecule has 1 aliphatic heterocycles. The third kappa shape index (κ3) is 2.49. The summed E-state index contributed by atoms with van der Waals surface area (Å²) >= 11 is 1.12. The molecule has 20 heavy (non-hydrogen) atoms. The van der Waals surface area contributed by atoms with Crippen molar-refractivity contribution in [2.45, 2.75) is 38.1 Å². The molecule has 0 spiro atoms. The van der Waals surface area contributed by atoms with Gasteiger partial charge in [0.2, 0.25) is 10.0 Å². The summed E-state index contributed by atoms with van der Waals surface area (Å²) in [7, 11) is -2.39. The number of thiophene rings is 1. The zero-order chi connectivity index (χ0) is 15.1. The van der Waals surface area contributed by atoms with E-state index in [1.807, 2.05) is 13.8 Å². The smallest absolute Gasteiger partial charge is 0.349 e. The van der Waals surface area contributed by atoms with Crippen molar-refractivity contribution >= 4 is 27.3 Å². The minimum Gasteiger partial charge on any atom is -0.465 e. The van der Waals surface area contributed by atoms with E-state index >= 15 is 0 Å². The summed E-state index contributed by atoms with van der Waals surface area (Å²) in [6.07, 6.45) is 0.843. The first-order valence-corrected chi connectivity index (χ1v) is 8.79. The molecule has 0 radical (unpaired) electrons. The first kappa shape index (κ1) is 15.5. The summed E-state index contributed by atoms with van der Waals surface area (Å²) in [5.74, 6) is -0.262. The lowest BCUT2D eigenvalue weighted by Crippen LogP contribution is -2.34. The minimum atomic E-state index is -3.65. The van der Waals surface area contributed by atoms with Gasteiger partial charge in [-0.15, -0.1) is 11.3 Å². The third-order valence-electron chi connectivity index (χ3n) is 3.58. The lowest BCUT2D eigenvalue weighted by molar-refractivity contribution is 0.0602. The molecule has 7 heteroatoms. The molecule has 1 aliphatic rings. The quantitative estimate of drug-likeness (QED) is 0.802. The second-order valence-corrected chi connectivity index (χ2v) is 8.04. The fourth-order valence-electron chi connectivity index (χ4n) is 2.70. The standard InChI is InChI=1S/C13H19NO4S2/c1-8-5-10(3)14(6-8)20(16,17)12-9(2)7-19-11(12)13(15)18-4/h7-8,10H,5-6H2,1-4H3. The van der Waals surface area contributed by atoms with Crippen molar-refractivity contribution < 1.29 is 17.9 Å². The van der Waals surface area contributed by atoms with Crippen LogP contribution in [-0.4, -0.2) is 38.4 Å². The van der Waals surface area contributed by atoms with Gasteiger partial charge in [-0.3, -0.25) is 0 Å². The Morgan fingerprint density at radius 3 is 2.60 bits per heavy atom. The van der Waals surface area contributed by atoms with Crippen LogP contribution in [0.3, 0.4) is 0 Å². The minimum absolute atomic E-state index is 0.0419. The predicted octanol–water partition coefficient (Wildman–Crippen LogP) is 2.26. The van der Waals surface area contributed by atoms with E-state index in [0.717, 1.165) is 17.8 Å². The second-order valence-electron chi connectivity index (χ2n) is 5.33. The molecule has 0 aromatic carbocycles. The van der Waals surface area contributed by atoms with Crippen molar-refractivity contribution in [2.75, 3.05) is 13.7 Å². The van der Waals surface area contributed by atoms with E-state index in [2.05, 4.69) is 4.74 Å². The maximum atomic E-state index is 12.8. The molecule has 0 amide bonds. The highest BCUT2D eigenvalue weighted by Gasteiger charge is 2.39. The molecule has 0 saturated carbocycles. The summed E-state index contributed by atoms with van der Waals surface area (Å²) in [5, 5.41) is 1.68. The number of hydrogen-bond donors (Lipinski definition) is 0. The zero-order valence-electron chi connectivity index (χ0n) is 12.0. The van der Waals surface area contributed by atoms with E-state index in [1.54, 1.807) is 12.3 Å². The molecule has 112 valence electrons. The van der Waals surface area contributed by atoms with Gasteiger partial charge in [-0.2, -0.15) is 4.31 Å². The van der Waals surface area contributed by atoms with Gasteiger partial charge in [0.25, 0.3) is 0 Å². The van der Waals surface area contributed by atoms with Crippen LogP contribution in [0, 0.1) is 12.8 Å². The average Bonchev–Trinajstić information content (AvgIpc) is 2.92. The summed E-state index contributed by atoms with van der Waals surface area (Å²) in [6.45, 7) is 6.15. The van der Waals surface area contributed by atoms with Gasteiger partial charge in [0.15, 0.2) is 0 Å². The van der Waals surface area contributed by atoms with Crippen LogP contribution in [0.5, 0.6) is 0 Å². The fourth-order valence-corrected chi connectivity index (χ4v) is 6.12. The molecule has 1 aromatic rings. The molecule has 5 nitrogen and oxygen atoms in total. The Bertz CT molecular complexity index is 620. The zero-order valence-corrected chi connectivity index (χ0v) is 13.7. The number of sulfonamides is 1. The van der Waals surface area contributed by atoms with Crippen LogP contribution >= 0.6 is 11.3 Å². The first-order chi connectivity index (χ1) is 9.28. The van der Waals surface area contributed by atoms with Crippen LogP contribution < -0.4 is 0 Å². The molecule has 1 aromatic heterocycles. The number of esters is 1. The summed E-state index contributed by atoms with van der Waals surface area (Å²) in [5.41, 5.74) is 0.599. The molecule has 2 unspecified atom stereocenters. The molecule has 2 atom stereocenters. The number of rotatable bonds is 3. The van der Waals surface area contributed by atoms with Crippen molar-refractivity contribution in [3.8, 4) is 0 Å². The molecule has 0 N–H and O–H groups in total. The van der Waals surface area contributed by atoms with Gasteiger partial charge in [0.1, 0.15) is 9.77 Å². The molecule has 2 rings (SSSR count). The van der Waals surface area contributed by atoms with E-state index in [9.17, 15) is 13.2 Å². The highest BCUT2D eigenvalue weighted by atomic mass is 32.2. The van der Waals surface area contributed by atoms with Gasteiger partial charge in [0, 0.05) is 12.6 Å². The van der Waals surface area contributed by atoms with Gasteiger partial charge in [-0.25, -0.2) is 13.2 Å². The number of carbonyl (C=O) groups is 1. The number of nitrogens with zero attached hydrogens (tertiary/aromatic N) is 1. The largest absolute Gasteiger partial charge is 0.465 e. The van der Waals surface area contributed by atoms with E-state index in [-0.39, 0.29) is 15.8 Å². The van der Waals surface area contributed by atoms with E-state index in [0.29, 0.717) is 18.0 Å². The normalized spacial score (nSPS) is 24.0. The highest BCUT2D eigenvalue weighted by molar-refractivity contribution is 7.89. The van der Waals surface area contributed by atoms with Crippen LogP contribution in [0.15, 0.2) is 10.3 Å². The van der Waals surface area contributed by atoms with Gasteiger partial charge < -0.3 is 4.74 Å². The van der Waals surface area contributed by atoms with Gasteiger partial charge >= 0.3 is 5.97 Å². The summed E-state index contributed by atoms with van der Waals surface area (Å²) < 4.78 is 31.9. The molecular formula is C13H19NO4S2. The SMILES string of the molecule is COC(=O)c1scc(C)c1S(=O)(=O)N1CC(C)CC1C. The van der Waals surface area contributed by atoms with Crippen molar-refractivity contribution in [1.29, 1.82) is 0 Å². The molecular weight excluding hydrogens is 298 g/mol. The number of hydrogen-bond acceptors (Lipinski definition) is 5. The van der Waals surface area contributed by atoms with E-state index in [4.69, 9.17) is 0 Å². The van der Waals surface area contributed by atoms with Crippen molar-refractivity contribution in [2.24, 2.45) is 5.92 Å². The second kappa shape index (κ2) is 5.46. The molecule has 1 fully saturated rings. The van der Waals surface area contributed by atoms with Gasteiger partial charge in [-0.1, -0.05) is 6.92 Å². The molecule has 0 aliphatic carbocycles. The van der Waals surface area contributed by atoms with E-state index < -0.39 is 16.0 Å². The van der Waals surface area contributed by atoms with Gasteiger partial charge in [0.05, 0.1) is 7.11 Å². The summed E-state index contributed by atoms with van der Waals surface area (Å²) in [4.78, 5) is 12.0. The van der Waals surface area contributed by atoms with Crippen LogP contribution in [0.25, 0.3) is 0 Å². The van der Waals surface area contributed by atoms with Crippen molar-refractivity contribution in [3.63, 3.8) is 0 Å². The predicted molar refractivity (Wildman–Crippen MR) is 77.5 cm³/mol. The Morgan fingerprint density at radius 1 is 1.45 bits per heavy atom. The highest BCUT2D eigenvalue weighted by Crippen LogP contribution is 2.34. The maximum absolute atomic E-state index is 12.8. The number of methoxy groups -OCH3 is 1. The third-order valence-corrected chi connectivity index (χ3v) is 6.96. The Hall–Kier alpha value is -0.920. The topological polar surface area (TPSA) is 63.7 Å². The van der Waals surface area contributed by atoms with Gasteiger partial charge in [-0.05, 0) is 37.1 Å². The molecule has 0 bridgehead atoms. The number of ether oxygens (including phenoxy) is 1. The van der Waals surface area contributed by atoms with Crippen LogP contribution in [0.1, 0.15) is 35.5 Å². The monoisotopic (exact) mass is 317 g/mol. The Morgan fingerprint density at radius 2 is 2.10 bits per heavy atom. The number of aryl methyl sites for hydroxylation is 1. The maximum Gasteiger partial charge on any atom is 0.349 e. The Balaban J connectivity index is 2.50. The Kier molecular flexibility index (Phi) is 4.22. The van der Waals surface area contributed by atoms with Crippen LogP contribution in [0.4, 0.5) is 0 Å². The van der Waals surface area contributed by atoms with Crippen molar-refractivity contribution in [3.05, 3.63) is 15.8 Å². The van der Waals surface area contributed by atoms with Crippen LogP contribution in [-0.2, 0) is 14.8 Å². The van der Waals surface area contributed by atoms with Crippen molar-refractivity contribution in [1.82, 2.24) is 4.31 Å². The lowest BCUT2D eigenvalue weighted by Gasteiger charge is -2.21. The first-order valence-electron chi connectivity index (χ1n) is 6.47. The van der Waals surface area contributed by atoms with E-state index in [1.165, 1.54) is 11.4 Å². The number of carbonyl (C=O) groups excluding carboxylic acids is 1.